The number of pyridine rings is 1. The number of hydrogen-bond acceptors (Lipinski definition) is 5. The molecule has 0 spiro atoms. The summed E-state index contributed by atoms with van der Waals surface area (Å²) in [5, 5.41) is 10.9. The summed E-state index contributed by atoms with van der Waals surface area (Å²) in [4.78, 5) is 25.3. The number of nitrogens with zero attached hydrogens (tertiary/aromatic N) is 2. The molecule has 108 valence electrons. The highest BCUT2D eigenvalue weighted by molar-refractivity contribution is 6.32. The number of aryl methyl sites for hydroxylation is 1. The van der Waals surface area contributed by atoms with Crippen LogP contribution >= 0.6 is 11.6 Å². The zero-order valence-corrected chi connectivity index (χ0v) is 12.0. The predicted octanol–water partition coefficient (Wildman–Crippen LogP) is 3.95. The first-order chi connectivity index (χ1) is 9.88. The molecule has 0 aliphatic carbocycles. The summed E-state index contributed by atoms with van der Waals surface area (Å²) in [5.41, 5.74) is 0.870. The van der Waals surface area contributed by atoms with Crippen LogP contribution in [0.1, 0.15) is 22.8 Å². The standard InChI is InChI=1S/C14H11ClN2O4/c1-8-5-11(17(19)20)7-16-14(8)21-13-4-3-10(9(2)18)6-12(13)15/h3-7H,1-2H3. The number of benzene rings is 1. The number of carbonyl (C=O) groups is 1. The van der Waals surface area contributed by atoms with E-state index in [9.17, 15) is 14.9 Å². The quantitative estimate of drug-likeness (QED) is 0.485. The van der Waals surface area contributed by atoms with Crippen molar-refractivity contribution in [1.82, 2.24) is 4.98 Å². The summed E-state index contributed by atoms with van der Waals surface area (Å²) in [5.74, 6) is 0.442. The molecule has 6 nitrogen and oxygen atoms in total. The topological polar surface area (TPSA) is 82.3 Å². The van der Waals surface area contributed by atoms with Crippen molar-refractivity contribution < 1.29 is 14.5 Å². The Bertz CT molecular complexity index is 669. The van der Waals surface area contributed by atoms with Gasteiger partial charge in [-0.1, -0.05) is 11.6 Å². The Kier molecular flexibility index (Phi) is 4.18. The van der Waals surface area contributed by atoms with Crippen LogP contribution in [-0.2, 0) is 0 Å². The van der Waals surface area contributed by atoms with E-state index in [0.717, 1.165) is 6.20 Å². The van der Waals surface area contributed by atoms with Gasteiger partial charge in [-0.25, -0.2) is 4.98 Å². The highest BCUT2D eigenvalue weighted by atomic mass is 35.5. The van der Waals surface area contributed by atoms with Crippen molar-refractivity contribution in [3.63, 3.8) is 0 Å². The predicted molar refractivity (Wildman–Crippen MR) is 77.2 cm³/mol. The van der Waals surface area contributed by atoms with Crippen LogP contribution in [0.3, 0.4) is 0 Å². The normalized spacial score (nSPS) is 10.2. The molecule has 0 saturated carbocycles. The minimum Gasteiger partial charge on any atom is -0.437 e. The number of halogens is 1. The number of aromatic nitrogens is 1. The molecule has 0 N–H and O–H groups in total. The van der Waals surface area contributed by atoms with Crippen LogP contribution in [0, 0.1) is 17.0 Å². The maximum absolute atomic E-state index is 11.2. The lowest BCUT2D eigenvalue weighted by Crippen LogP contribution is -1.96. The first kappa shape index (κ1) is 14.9. The molecule has 2 rings (SSSR count). The van der Waals surface area contributed by atoms with Gasteiger partial charge >= 0.3 is 0 Å². The minimum absolute atomic E-state index is 0.104. The number of rotatable bonds is 4. The Morgan fingerprint density at radius 2 is 2.10 bits per heavy atom. The van der Waals surface area contributed by atoms with Gasteiger partial charge in [0.1, 0.15) is 11.9 Å². The Morgan fingerprint density at radius 1 is 1.38 bits per heavy atom. The van der Waals surface area contributed by atoms with E-state index in [0.29, 0.717) is 16.9 Å². The Balaban J connectivity index is 2.30. The molecule has 21 heavy (non-hydrogen) atoms. The van der Waals surface area contributed by atoms with Crippen molar-refractivity contribution in [3.05, 3.63) is 56.7 Å². The van der Waals surface area contributed by atoms with Crippen LogP contribution in [0.25, 0.3) is 0 Å². The second kappa shape index (κ2) is 5.88. The van der Waals surface area contributed by atoms with Gasteiger partial charge in [0.15, 0.2) is 5.78 Å². The zero-order valence-electron chi connectivity index (χ0n) is 11.3. The first-order valence-electron chi connectivity index (χ1n) is 5.98. The monoisotopic (exact) mass is 306 g/mol. The highest BCUT2D eigenvalue weighted by Crippen LogP contribution is 2.31. The van der Waals surface area contributed by atoms with Gasteiger partial charge in [0.25, 0.3) is 5.69 Å². The average Bonchev–Trinajstić information content (AvgIpc) is 2.42. The number of hydrogen-bond donors (Lipinski definition) is 0. The number of carbonyl (C=O) groups excluding carboxylic acids is 1. The molecule has 0 aliphatic rings. The van der Waals surface area contributed by atoms with E-state index >= 15 is 0 Å². The third kappa shape index (κ3) is 3.35. The third-order valence-electron chi connectivity index (χ3n) is 2.77. The molecule has 0 unspecified atom stereocenters. The van der Waals surface area contributed by atoms with Crippen LogP contribution in [0.15, 0.2) is 30.5 Å². The lowest BCUT2D eigenvalue weighted by Gasteiger charge is -2.09. The molecule has 0 bridgehead atoms. The van der Waals surface area contributed by atoms with Crippen LogP contribution in [0.2, 0.25) is 5.02 Å². The Labute approximate surface area is 125 Å². The van der Waals surface area contributed by atoms with Gasteiger partial charge in [-0.05, 0) is 32.0 Å². The van der Waals surface area contributed by atoms with Gasteiger partial charge < -0.3 is 4.74 Å². The molecule has 0 amide bonds. The van der Waals surface area contributed by atoms with Gasteiger partial charge in [0, 0.05) is 17.2 Å². The molecule has 7 heteroatoms. The smallest absolute Gasteiger partial charge is 0.288 e. The zero-order chi connectivity index (χ0) is 15.6. The summed E-state index contributed by atoms with van der Waals surface area (Å²) in [7, 11) is 0. The number of Topliss-reactive ketones (excluding diaryl/α,β-unsaturated/α-hetero) is 1. The van der Waals surface area contributed by atoms with Crippen molar-refractivity contribution >= 4 is 23.1 Å². The van der Waals surface area contributed by atoms with E-state index in [4.69, 9.17) is 16.3 Å². The van der Waals surface area contributed by atoms with Gasteiger partial charge in [0.2, 0.25) is 5.88 Å². The van der Waals surface area contributed by atoms with Crippen molar-refractivity contribution in [2.24, 2.45) is 0 Å². The molecule has 1 aromatic carbocycles. The lowest BCUT2D eigenvalue weighted by atomic mass is 10.1. The molecular weight excluding hydrogens is 296 g/mol. The van der Waals surface area contributed by atoms with E-state index in [2.05, 4.69) is 4.98 Å². The van der Waals surface area contributed by atoms with Gasteiger partial charge in [-0.15, -0.1) is 0 Å². The number of nitro groups is 1. The van der Waals surface area contributed by atoms with Crippen molar-refractivity contribution in [2.45, 2.75) is 13.8 Å². The maximum Gasteiger partial charge on any atom is 0.288 e. The van der Waals surface area contributed by atoms with Crippen LogP contribution in [0.4, 0.5) is 5.69 Å². The molecule has 1 heterocycles. The fourth-order valence-electron chi connectivity index (χ4n) is 1.66. The van der Waals surface area contributed by atoms with Crippen molar-refractivity contribution in [2.75, 3.05) is 0 Å². The van der Waals surface area contributed by atoms with E-state index < -0.39 is 4.92 Å². The maximum atomic E-state index is 11.2. The summed E-state index contributed by atoms with van der Waals surface area (Å²) >= 11 is 6.04. The molecule has 0 radical (unpaired) electrons. The SMILES string of the molecule is CC(=O)c1ccc(Oc2ncc([N+](=O)[O-])cc2C)c(Cl)c1. The van der Waals surface area contributed by atoms with E-state index in [1.807, 2.05) is 0 Å². The van der Waals surface area contributed by atoms with Crippen LogP contribution in [-0.4, -0.2) is 15.7 Å². The summed E-state index contributed by atoms with van der Waals surface area (Å²) in [6.07, 6.45) is 1.11. The highest BCUT2D eigenvalue weighted by Gasteiger charge is 2.13. The first-order valence-corrected chi connectivity index (χ1v) is 6.35. The van der Waals surface area contributed by atoms with E-state index in [1.54, 1.807) is 19.1 Å². The van der Waals surface area contributed by atoms with Crippen LogP contribution in [0.5, 0.6) is 11.6 Å². The Hall–Kier alpha value is -2.47. The third-order valence-corrected chi connectivity index (χ3v) is 3.07. The molecule has 1 aromatic heterocycles. The summed E-state index contributed by atoms with van der Waals surface area (Å²) in [6, 6.07) is 6.01. The molecule has 0 atom stereocenters. The van der Waals surface area contributed by atoms with Crippen molar-refractivity contribution in [3.8, 4) is 11.6 Å². The fourth-order valence-corrected chi connectivity index (χ4v) is 1.88. The molecule has 0 saturated heterocycles. The fraction of sp³-hybridized carbons (Fsp3) is 0.143. The van der Waals surface area contributed by atoms with Crippen LogP contribution < -0.4 is 4.74 Å². The second-order valence-corrected chi connectivity index (χ2v) is 4.78. The van der Waals surface area contributed by atoms with E-state index in [-0.39, 0.29) is 22.4 Å². The molecule has 0 fully saturated rings. The Morgan fingerprint density at radius 3 is 2.62 bits per heavy atom. The molecule has 0 aliphatic heterocycles. The number of ketones is 1. The number of ether oxygens (including phenoxy) is 1. The summed E-state index contributed by atoms with van der Waals surface area (Å²) < 4.78 is 5.53. The minimum atomic E-state index is -0.529. The van der Waals surface area contributed by atoms with Gasteiger partial charge in [0.05, 0.1) is 9.95 Å². The van der Waals surface area contributed by atoms with Crippen molar-refractivity contribution in [1.29, 1.82) is 0 Å². The van der Waals surface area contributed by atoms with E-state index in [1.165, 1.54) is 19.1 Å². The molecule has 2 aromatic rings. The van der Waals surface area contributed by atoms with Gasteiger partial charge in [-0.2, -0.15) is 0 Å². The summed E-state index contributed by atoms with van der Waals surface area (Å²) in [6.45, 7) is 3.08. The second-order valence-electron chi connectivity index (χ2n) is 4.38. The van der Waals surface area contributed by atoms with Gasteiger partial charge in [-0.3, -0.25) is 14.9 Å². The molecular formula is C14H11ClN2O4. The largest absolute Gasteiger partial charge is 0.437 e. The average molecular weight is 307 g/mol. The lowest BCUT2D eigenvalue weighted by molar-refractivity contribution is -0.385.